The molecule has 3 unspecified atom stereocenters. The van der Waals surface area contributed by atoms with Crippen molar-refractivity contribution in [3.8, 4) is 0 Å². The molecule has 0 aliphatic carbocycles. The minimum absolute atomic E-state index is 0.00863. The number of benzene rings is 1. The summed E-state index contributed by atoms with van der Waals surface area (Å²) in [6.07, 6.45) is 2.29. The lowest BCUT2D eigenvalue weighted by atomic mass is 9.86. The number of fused-ring (bicyclic) bond motifs is 1. The first-order chi connectivity index (χ1) is 10.1. The van der Waals surface area contributed by atoms with E-state index in [1.807, 2.05) is 12.1 Å². The Balaban J connectivity index is 1.83. The number of urea groups is 1. The lowest BCUT2D eigenvalue weighted by molar-refractivity contribution is 0.0813. The van der Waals surface area contributed by atoms with Gasteiger partial charge in [0, 0.05) is 37.8 Å². The Kier molecular flexibility index (Phi) is 3.87. The van der Waals surface area contributed by atoms with E-state index in [4.69, 9.17) is 10.5 Å². The smallest absolute Gasteiger partial charge is 0.321 e. The van der Waals surface area contributed by atoms with Crippen molar-refractivity contribution in [1.29, 1.82) is 0 Å². The second kappa shape index (κ2) is 5.66. The zero-order valence-corrected chi connectivity index (χ0v) is 12.6. The van der Waals surface area contributed by atoms with Crippen LogP contribution in [0.15, 0.2) is 18.2 Å². The maximum atomic E-state index is 11.6. The van der Waals surface area contributed by atoms with Gasteiger partial charge in [-0.3, -0.25) is 0 Å². The number of ether oxygens (including phenoxy) is 1. The van der Waals surface area contributed by atoms with E-state index < -0.39 is 0 Å². The molecule has 21 heavy (non-hydrogen) atoms. The van der Waals surface area contributed by atoms with Crippen LogP contribution in [0.5, 0.6) is 0 Å². The fourth-order valence-corrected chi connectivity index (χ4v) is 3.36. The molecule has 3 rings (SSSR count). The summed E-state index contributed by atoms with van der Waals surface area (Å²) < 4.78 is 5.76. The summed E-state index contributed by atoms with van der Waals surface area (Å²) in [5, 5.41) is 2.89. The molecule has 5 nitrogen and oxygen atoms in total. The Hall–Kier alpha value is -1.59. The van der Waals surface area contributed by atoms with Crippen molar-refractivity contribution in [2.75, 3.05) is 19.0 Å². The summed E-state index contributed by atoms with van der Waals surface area (Å²) in [5.41, 5.74) is 9.63. The average molecular weight is 289 g/mol. The number of nitrogens with zero attached hydrogens (tertiary/aromatic N) is 1. The highest BCUT2D eigenvalue weighted by atomic mass is 16.5. The van der Waals surface area contributed by atoms with Crippen LogP contribution in [0.3, 0.4) is 0 Å². The van der Waals surface area contributed by atoms with Gasteiger partial charge < -0.3 is 20.7 Å². The molecule has 2 amide bonds. The van der Waals surface area contributed by atoms with Crippen molar-refractivity contribution in [2.45, 2.75) is 38.5 Å². The third kappa shape index (κ3) is 2.63. The fourth-order valence-electron chi connectivity index (χ4n) is 3.36. The Morgan fingerprint density at radius 1 is 1.52 bits per heavy atom. The number of anilines is 1. The molecule has 1 aromatic carbocycles. The highest BCUT2D eigenvalue weighted by Gasteiger charge is 2.33. The van der Waals surface area contributed by atoms with Crippen LogP contribution in [0.1, 0.15) is 36.9 Å². The third-order valence-electron chi connectivity index (χ3n) is 4.63. The molecule has 1 aromatic rings. The van der Waals surface area contributed by atoms with Crippen LogP contribution in [-0.4, -0.2) is 30.7 Å². The number of carbonyl (C=O) groups is 1. The molecule has 3 atom stereocenters. The Bertz CT molecular complexity index is 546. The van der Waals surface area contributed by atoms with Crippen LogP contribution < -0.4 is 11.1 Å². The second-order valence-corrected chi connectivity index (χ2v) is 6.00. The summed E-state index contributed by atoms with van der Waals surface area (Å²) in [5.74, 6) is 0.379. The summed E-state index contributed by atoms with van der Waals surface area (Å²) in [6.45, 7) is 3.58. The molecule has 0 spiro atoms. The van der Waals surface area contributed by atoms with E-state index in [1.165, 1.54) is 0 Å². The van der Waals surface area contributed by atoms with Gasteiger partial charge >= 0.3 is 6.03 Å². The van der Waals surface area contributed by atoms with E-state index >= 15 is 0 Å². The number of hydrogen-bond acceptors (Lipinski definition) is 3. The van der Waals surface area contributed by atoms with E-state index in [2.05, 4.69) is 18.3 Å². The van der Waals surface area contributed by atoms with Crippen molar-refractivity contribution in [3.05, 3.63) is 29.3 Å². The number of rotatable bonds is 3. The van der Waals surface area contributed by atoms with Crippen molar-refractivity contribution in [3.63, 3.8) is 0 Å². The van der Waals surface area contributed by atoms with E-state index in [9.17, 15) is 4.79 Å². The summed E-state index contributed by atoms with van der Waals surface area (Å²) in [6, 6.07) is 6.05. The fraction of sp³-hybridized carbons (Fsp3) is 0.562. The second-order valence-electron chi connectivity index (χ2n) is 6.00. The van der Waals surface area contributed by atoms with Crippen LogP contribution in [-0.2, 0) is 11.3 Å². The first-order valence-corrected chi connectivity index (χ1v) is 7.62. The molecule has 0 bridgehead atoms. The lowest BCUT2D eigenvalue weighted by Crippen LogP contribution is -2.35. The predicted molar refractivity (Wildman–Crippen MR) is 82.0 cm³/mol. The van der Waals surface area contributed by atoms with Gasteiger partial charge in [-0.1, -0.05) is 19.1 Å². The average Bonchev–Trinajstić information content (AvgIpc) is 2.95. The van der Waals surface area contributed by atoms with Crippen LogP contribution in [0.2, 0.25) is 0 Å². The zero-order valence-electron chi connectivity index (χ0n) is 12.6. The summed E-state index contributed by atoms with van der Waals surface area (Å²) in [4.78, 5) is 13.3. The van der Waals surface area contributed by atoms with E-state index in [0.29, 0.717) is 12.5 Å². The van der Waals surface area contributed by atoms with Gasteiger partial charge in [-0.15, -0.1) is 0 Å². The van der Waals surface area contributed by atoms with Gasteiger partial charge in [0.1, 0.15) is 0 Å². The maximum absolute atomic E-state index is 11.6. The zero-order chi connectivity index (χ0) is 15.0. The first-order valence-electron chi connectivity index (χ1n) is 7.62. The van der Waals surface area contributed by atoms with E-state index in [-0.39, 0.29) is 18.2 Å². The molecular weight excluding hydrogens is 266 g/mol. The van der Waals surface area contributed by atoms with Gasteiger partial charge in [0.05, 0.1) is 6.10 Å². The predicted octanol–water partition coefficient (Wildman–Crippen LogP) is 2.48. The van der Waals surface area contributed by atoms with Crippen molar-refractivity contribution < 1.29 is 9.53 Å². The minimum Gasteiger partial charge on any atom is -0.378 e. The number of hydrogen-bond donors (Lipinski definition) is 2. The molecular formula is C16H23N3O2. The van der Waals surface area contributed by atoms with E-state index in [0.717, 1.165) is 36.3 Å². The Morgan fingerprint density at radius 2 is 2.33 bits per heavy atom. The van der Waals surface area contributed by atoms with Gasteiger partial charge in [0.2, 0.25) is 0 Å². The molecule has 2 aliphatic rings. The quantitative estimate of drug-likeness (QED) is 0.898. The molecule has 5 heteroatoms. The molecule has 0 aromatic heterocycles. The number of nitrogens with one attached hydrogen (secondary N) is 1. The van der Waals surface area contributed by atoms with Crippen molar-refractivity contribution >= 4 is 11.7 Å². The van der Waals surface area contributed by atoms with Crippen molar-refractivity contribution in [2.24, 2.45) is 11.7 Å². The highest BCUT2D eigenvalue weighted by molar-refractivity contribution is 5.92. The molecule has 3 N–H and O–H groups in total. The third-order valence-corrected chi connectivity index (χ3v) is 4.63. The molecule has 114 valence electrons. The summed E-state index contributed by atoms with van der Waals surface area (Å²) >= 11 is 0. The lowest BCUT2D eigenvalue weighted by Gasteiger charge is -2.28. The SMILES string of the molecule is CCC1OCCC1C(N)c1ccc2c(c1)CN(C)C(=O)N2. The van der Waals surface area contributed by atoms with E-state index in [1.54, 1.807) is 11.9 Å². The maximum Gasteiger partial charge on any atom is 0.321 e. The Morgan fingerprint density at radius 3 is 3.10 bits per heavy atom. The molecule has 2 heterocycles. The van der Waals surface area contributed by atoms with Crippen LogP contribution in [0.4, 0.5) is 10.5 Å². The highest BCUT2D eigenvalue weighted by Crippen LogP contribution is 2.35. The standard InChI is InChI=1S/C16H23N3O2/c1-3-14-12(6-7-21-14)15(17)10-4-5-13-11(8-10)9-19(2)16(20)18-13/h4-5,8,12,14-15H,3,6-7,9,17H2,1-2H3,(H,18,20). The topological polar surface area (TPSA) is 67.6 Å². The largest absolute Gasteiger partial charge is 0.378 e. The molecule has 0 radical (unpaired) electrons. The number of carbonyl (C=O) groups excluding carboxylic acids is 1. The van der Waals surface area contributed by atoms with Gasteiger partial charge in [0.25, 0.3) is 0 Å². The number of nitrogens with two attached hydrogens (primary N) is 1. The van der Waals surface area contributed by atoms with Crippen LogP contribution in [0, 0.1) is 5.92 Å². The molecule has 1 saturated heterocycles. The monoisotopic (exact) mass is 289 g/mol. The number of amides is 2. The molecule has 0 saturated carbocycles. The van der Waals surface area contributed by atoms with Crippen LogP contribution >= 0.6 is 0 Å². The Labute approximate surface area is 125 Å². The van der Waals surface area contributed by atoms with Crippen LogP contribution in [0.25, 0.3) is 0 Å². The first kappa shape index (κ1) is 14.4. The van der Waals surface area contributed by atoms with Gasteiger partial charge in [-0.2, -0.15) is 0 Å². The molecule has 2 aliphatic heterocycles. The van der Waals surface area contributed by atoms with Gasteiger partial charge in [-0.25, -0.2) is 4.79 Å². The minimum atomic E-state index is -0.0604. The molecule has 1 fully saturated rings. The van der Waals surface area contributed by atoms with Gasteiger partial charge in [-0.05, 0) is 30.0 Å². The normalized spacial score (nSPS) is 26.4. The van der Waals surface area contributed by atoms with Gasteiger partial charge in [0.15, 0.2) is 0 Å². The summed E-state index contributed by atoms with van der Waals surface area (Å²) in [7, 11) is 1.79. The van der Waals surface area contributed by atoms with Crippen molar-refractivity contribution in [1.82, 2.24) is 4.90 Å².